The molecule has 6 nitrogen and oxygen atoms in total. The van der Waals surface area contributed by atoms with Crippen molar-refractivity contribution in [2.45, 2.75) is 33.0 Å². The summed E-state index contributed by atoms with van der Waals surface area (Å²) in [5.74, 6) is 2.99. The Hall–Kier alpha value is -2.96. The molecule has 1 unspecified atom stereocenters. The van der Waals surface area contributed by atoms with Crippen LogP contribution < -0.4 is 14.2 Å². The average Bonchev–Trinajstić information content (AvgIpc) is 3.26. The molecule has 0 amide bonds. The summed E-state index contributed by atoms with van der Waals surface area (Å²) < 4.78 is 22.1. The van der Waals surface area contributed by atoms with Gasteiger partial charge in [-0.3, -0.25) is 4.90 Å². The summed E-state index contributed by atoms with van der Waals surface area (Å²) in [6.07, 6.45) is 1.000. The number of aryl methyl sites for hydroxylation is 2. The van der Waals surface area contributed by atoms with E-state index in [4.69, 9.17) is 18.6 Å². The van der Waals surface area contributed by atoms with E-state index in [1.165, 1.54) is 5.56 Å². The minimum absolute atomic E-state index is 0.213. The first-order valence-corrected chi connectivity index (χ1v) is 10.3. The van der Waals surface area contributed by atoms with E-state index in [0.717, 1.165) is 22.6 Å². The normalized spacial score (nSPS) is 12.1. The van der Waals surface area contributed by atoms with E-state index >= 15 is 0 Å². The van der Waals surface area contributed by atoms with Crippen LogP contribution in [0.2, 0.25) is 0 Å². The van der Waals surface area contributed by atoms with Gasteiger partial charge < -0.3 is 23.7 Å². The molecule has 3 rings (SSSR count). The third kappa shape index (κ3) is 6.51. The van der Waals surface area contributed by atoms with Gasteiger partial charge in [0, 0.05) is 13.1 Å². The van der Waals surface area contributed by atoms with Crippen LogP contribution in [-0.2, 0) is 13.1 Å². The molecule has 1 aromatic heterocycles. The van der Waals surface area contributed by atoms with Gasteiger partial charge in [0.1, 0.15) is 24.2 Å². The van der Waals surface area contributed by atoms with Crippen LogP contribution in [0.4, 0.5) is 0 Å². The van der Waals surface area contributed by atoms with Crippen LogP contribution in [0.5, 0.6) is 17.2 Å². The van der Waals surface area contributed by atoms with Crippen molar-refractivity contribution >= 4 is 0 Å². The van der Waals surface area contributed by atoms with Crippen molar-refractivity contribution in [3.63, 3.8) is 0 Å². The zero-order valence-corrected chi connectivity index (χ0v) is 18.6. The second kappa shape index (κ2) is 10.9. The van der Waals surface area contributed by atoms with E-state index in [1.807, 2.05) is 56.3 Å². The Kier molecular flexibility index (Phi) is 7.98. The highest BCUT2D eigenvalue weighted by Gasteiger charge is 2.16. The van der Waals surface area contributed by atoms with E-state index in [1.54, 1.807) is 20.5 Å². The molecule has 1 atom stereocenters. The van der Waals surface area contributed by atoms with Gasteiger partial charge in [-0.15, -0.1) is 0 Å². The standard InChI is InChI=1S/C25H31NO5/c1-18-7-9-23(19(2)12-18)31-17-21(27)15-26(16-22-6-5-11-30-22)14-20-8-10-24(28-3)25(13-20)29-4/h5-13,21,27H,14-17H2,1-4H3. The maximum absolute atomic E-state index is 10.7. The molecular formula is C25H31NO5. The molecule has 0 bridgehead atoms. The maximum Gasteiger partial charge on any atom is 0.161 e. The van der Waals surface area contributed by atoms with Crippen molar-refractivity contribution < 1.29 is 23.7 Å². The van der Waals surface area contributed by atoms with Crippen LogP contribution in [0.3, 0.4) is 0 Å². The zero-order valence-electron chi connectivity index (χ0n) is 18.6. The summed E-state index contributed by atoms with van der Waals surface area (Å²) in [5, 5.41) is 10.7. The molecule has 1 heterocycles. The Morgan fingerprint density at radius 1 is 0.935 bits per heavy atom. The lowest BCUT2D eigenvalue weighted by molar-refractivity contribution is 0.0602. The first-order valence-electron chi connectivity index (χ1n) is 10.3. The number of methoxy groups -OCH3 is 2. The molecule has 0 fully saturated rings. The molecule has 0 spiro atoms. The number of furan rings is 1. The predicted molar refractivity (Wildman–Crippen MR) is 120 cm³/mol. The molecular weight excluding hydrogens is 394 g/mol. The first kappa shape index (κ1) is 22.7. The second-order valence-corrected chi connectivity index (χ2v) is 7.67. The van der Waals surface area contributed by atoms with Crippen molar-refractivity contribution in [1.29, 1.82) is 0 Å². The minimum atomic E-state index is -0.657. The third-order valence-electron chi connectivity index (χ3n) is 5.04. The van der Waals surface area contributed by atoms with Gasteiger partial charge in [-0.2, -0.15) is 0 Å². The van der Waals surface area contributed by atoms with Gasteiger partial charge in [-0.1, -0.05) is 23.8 Å². The Balaban J connectivity index is 1.66. The van der Waals surface area contributed by atoms with Crippen LogP contribution >= 0.6 is 0 Å². The number of hydrogen-bond donors (Lipinski definition) is 1. The van der Waals surface area contributed by atoms with E-state index in [-0.39, 0.29) is 6.61 Å². The number of nitrogens with zero attached hydrogens (tertiary/aromatic N) is 1. The molecule has 0 radical (unpaired) electrons. The van der Waals surface area contributed by atoms with Crippen LogP contribution in [0, 0.1) is 13.8 Å². The molecule has 166 valence electrons. The van der Waals surface area contributed by atoms with E-state index in [0.29, 0.717) is 31.1 Å². The Labute approximate surface area is 184 Å². The number of benzene rings is 2. The lowest BCUT2D eigenvalue weighted by Gasteiger charge is -2.25. The maximum atomic E-state index is 10.7. The average molecular weight is 426 g/mol. The molecule has 0 saturated heterocycles. The molecule has 0 aliphatic rings. The Bertz CT molecular complexity index is 955. The van der Waals surface area contributed by atoms with Gasteiger partial charge in [0.05, 0.1) is 27.0 Å². The summed E-state index contributed by atoms with van der Waals surface area (Å²) in [5.41, 5.74) is 3.29. The van der Waals surface area contributed by atoms with E-state index in [9.17, 15) is 5.11 Å². The van der Waals surface area contributed by atoms with Gasteiger partial charge in [-0.25, -0.2) is 0 Å². The highest BCUT2D eigenvalue weighted by Crippen LogP contribution is 2.28. The van der Waals surface area contributed by atoms with Crippen LogP contribution in [0.1, 0.15) is 22.5 Å². The number of aliphatic hydroxyl groups excluding tert-OH is 1. The monoisotopic (exact) mass is 425 g/mol. The van der Waals surface area contributed by atoms with Gasteiger partial charge >= 0.3 is 0 Å². The number of rotatable bonds is 11. The largest absolute Gasteiger partial charge is 0.493 e. The SMILES string of the molecule is COc1ccc(CN(Cc2ccco2)CC(O)COc2ccc(C)cc2C)cc1OC. The zero-order chi connectivity index (χ0) is 22.2. The highest BCUT2D eigenvalue weighted by molar-refractivity contribution is 5.42. The van der Waals surface area contributed by atoms with Crippen LogP contribution in [0.25, 0.3) is 0 Å². The quantitative estimate of drug-likeness (QED) is 0.493. The van der Waals surface area contributed by atoms with E-state index < -0.39 is 6.10 Å². The lowest BCUT2D eigenvalue weighted by atomic mass is 10.1. The first-order chi connectivity index (χ1) is 15.0. The van der Waals surface area contributed by atoms with Gasteiger partial charge in [-0.05, 0) is 55.3 Å². The predicted octanol–water partition coefficient (Wildman–Crippen LogP) is 4.36. The van der Waals surface area contributed by atoms with Gasteiger partial charge in [0.25, 0.3) is 0 Å². The third-order valence-corrected chi connectivity index (χ3v) is 5.04. The van der Waals surface area contributed by atoms with Crippen molar-refractivity contribution in [3.05, 3.63) is 77.2 Å². The Morgan fingerprint density at radius 3 is 2.39 bits per heavy atom. The van der Waals surface area contributed by atoms with E-state index in [2.05, 4.69) is 11.0 Å². The fourth-order valence-corrected chi connectivity index (χ4v) is 3.54. The fourth-order valence-electron chi connectivity index (χ4n) is 3.54. The number of hydrogen-bond acceptors (Lipinski definition) is 6. The van der Waals surface area contributed by atoms with Crippen molar-refractivity contribution in [2.75, 3.05) is 27.4 Å². The summed E-state index contributed by atoms with van der Waals surface area (Å²) in [4.78, 5) is 2.12. The summed E-state index contributed by atoms with van der Waals surface area (Å²) in [7, 11) is 3.24. The molecule has 31 heavy (non-hydrogen) atoms. The number of aliphatic hydroxyl groups is 1. The topological polar surface area (TPSA) is 64.3 Å². The molecule has 0 aliphatic heterocycles. The van der Waals surface area contributed by atoms with Crippen LogP contribution in [-0.4, -0.2) is 43.5 Å². The Morgan fingerprint density at radius 2 is 1.71 bits per heavy atom. The molecule has 0 aliphatic carbocycles. The van der Waals surface area contributed by atoms with Gasteiger partial charge in [0.2, 0.25) is 0 Å². The fraction of sp³-hybridized carbons (Fsp3) is 0.360. The number of ether oxygens (including phenoxy) is 3. The summed E-state index contributed by atoms with van der Waals surface area (Å²) in [6, 6.07) is 15.7. The van der Waals surface area contributed by atoms with Crippen LogP contribution in [0.15, 0.2) is 59.2 Å². The lowest BCUT2D eigenvalue weighted by Crippen LogP contribution is -2.35. The smallest absolute Gasteiger partial charge is 0.161 e. The molecule has 6 heteroatoms. The minimum Gasteiger partial charge on any atom is -0.493 e. The molecule has 0 saturated carbocycles. The molecule has 2 aromatic carbocycles. The molecule has 1 N–H and O–H groups in total. The van der Waals surface area contributed by atoms with Crippen molar-refractivity contribution in [2.24, 2.45) is 0 Å². The molecule has 3 aromatic rings. The van der Waals surface area contributed by atoms with Crippen molar-refractivity contribution in [3.8, 4) is 17.2 Å². The van der Waals surface area contributed by atoms with Gasteiger partial charge in [0.15, 0.2) is 11.5 Å². The summed E-state index contributed by atoms with van der Waals surface area (Å²) >= 11 is 0. The highest BCUT2D eigenvalue weighted by atomic mass is 16.5. The summed E-state index contributed by atoms with van der Waals surface area (Å²) in [6.45, 7) is 5.88. The van der Waals surface area contributed by atoms with Crippen molar-refractivity contribution in [1.82, 2.24) is 4.90 Å². The second-order valence-electron chi connectivity index (χ2n) is 7.67.